The first kappa shape index (κ1) is 10.9. The zero-order valence-electron chi connectivity index (χ0n) is 7.88. The summed E-state index contributed by atoms with van der Waals surface area (Å²) in [5, 5.41) is 9.78. The SMILES string of the molecule is N#Cc1cncc2cccc(S(=O)(=O)Cl)c12. The van der Waals surface area contributed by atoms with Crippen molar-refractivity contribution < 1.29 is 8.42 Å². The van der Waals surface area contributed by atoms with Crippen molar-refractivity contribution in [2.45, 2.75) is 4.90 Å². The minimum atomic E-state index is -3.87. The predicted octanol–water partition coefficient (Wildman–Crippen LogP) is 2.03. The highest BCUT2D eigenvalue weighted by Gasteiger charge is 2.16. The van der Waals surface area contributed by atoms with Crippen LogP contribution in [0.4, 0.5) is 0 Å². The number of rotatable bonds is 1. The molecule has 1 aromatic heterocycles. The lowest BCUT2D eigenvalue weighted by atomic mass is 10.1. The number of fused-ring (bicyclic) bond motifs is 1. The molecule has 0 aliphatic heterocycles. The van der Waals surface area contributed by atoms with Gasteiger partial charge in [-0.15, -0.1) is 0 Å². The van der Waals surface area contributed by atoms with Gasteiger partial charge in [0, 0.05) is 33.8 Å². The van der Waals surface area contributed by atoms with Gasteiger partial charge in [0.05, 0.1) is 10.5 Å². The summed E-state index contributed by atoms with van der Waals surface area (Å²) in [4.78, 5) is 3.78. The molecule has 0 radical (unpaired) electrons. The van der Waals surface area contributed by atoms with Crippen molar-refractivity contribution in [3.05, 3.63) is 36.2 Å². The van der Waals surface area contributed by atoms with Crippen LogP contribution in [0.15, 0.2) is 35.5 Å². The molecule has 2 rings (SSSR count). The Kier molecular flexibility index (Phi) is 2.54. The smallest absolute Gasteiger partial charge is 0.261 e. The summed E-state index contributed by atoms with van der Waals surface area (Å²) in [6.07, 6.45) is 2.80. The van der Waals surface area contributed by atoms with Crippen molar-refractivity contribution in [1.82, 2.24) is 4.98 Å². The minimum Gasteiger partial charge on any atom is -0.263 e. The summed E-state index contributed by atoms with van der Waals surface area (Å²) in [6, 6.07) is 6.49. The highest BCUT2D eigenvalue weighted by Crippen LogP contribution is 2.27. The maximum absolute atomic E-state index is 11.4. The Morgan fingerprint density at radius 2 is 2.06 bits per heavy atom. The predicted molar refractivity (Wildman–Crippen MR) is 59.5 cm³/mol. The highest BCUT2D eigenvalue weighted by molar-refractivity contribution is 8.14. The van der Waals surface area contributed by atoms with Crippen LogP contribution in [0.3, 0.4) is 0 Å². The summed E-state index contributed by atoms with van der Waals surface area (Å²) in [6.45, 7) is 0. The maximum Gasteiger partial charge on any atom is 0.261 e. The average Bonchev–Trinajstić information content (AvgIpc) is 2.26. The molecule has 80 valence electrons. The summed E-state index contributed by atoms with van der Waals surface area (Å²) >= 11 is 0. The molecule has 6 heteroatoms. The van der Waals surface area contributed by atoms with Gasteiger partial charge >= 0.3 is 0 Å². The number of pyridine rings is 1. The van der Waals surface area contributed by atoms with E-state index in [1.165, 1.54) is 18.5 Å². The molecule has 2 aromatic rings. The van der Waals surface area contributed by atoms with Gasteiger partial charge in [0.15, 0.2) is 0 Å². The van der Waals surface area contributed by atoms with Crippen LogP contribution >= 0.6 is 10.7 Å². The van der Waals surface area contributed by atoms with Crippen molar-refractivity contribution in [3.63, 3.8) is 0 Å². The van der Waals surface area contributed by atoms with E-state index in [1.54, 1.807) is 12.1 Å². The van der Waals surface area contributed by atoms with Gasteiger partial charge in [0.1, 0.15) is 6.07 Å². The number of hydrogen-bond acceptors (Lipinski definition) is 4. The molecule has 0 amide bonds. The van der Waals surface area contributed by atoms with E-state index in [-0.39, 0.29) is 10.5 Å². The zero-order chi connectivity index (χ0) is 11.8. The van der Waals surface area contributed by atoms with Crippen LogP contribution in [-0.2, 0) is 9.05 Å². The number of halogens is 1. The third-order valence-electron chi connectivity index (χ3n) is 2.13. The number of nitriles is 1. The molecule has 4 nitrogen and oxygen atoms in total. The van der Waals surface area contributed by atoms with Crippen molar-refractivity contribution in [1.29, 1.82) is 5.26 Å². The molecule has 0 saturated heterocycles. The Bertz CT molecular complexity index is 699. The lowest BCUT2D eigenvalue weighted by Gasteiger charge is -2.03. The first-order valence-corrected chi connectivity index (χ1v) is 6.56. The largest absolute Gasteiger partial charge is 0.263 e. The number of hydrogen-bond donors (Lipinski definition) is 0. The van der Waals surface area contributed by atoms with E-state index in [2.05, 4.69) is 4.98 Å². The zero-order valence-corrected chi connectivity index (χ0v) is 9.46. The molecule has 0 aliphatic carbocycles. The van der Waals surface area contributed by atoms with Crippen LogP contribution in [-0.4, -0.2) is 13.4 Å². The second kappa shape index (κ2) is 3.74. The van der Waals surface area contributed by atoms with E-state index >= 15 is 0 Å². The minimum absolute atomic E-state index is 0.0642. The third kappa shape index (κ3) is 1.73. The highest BCUT2D eigenvalue weighted by atomic mass is 35.7. The van der Waals surface area contributed by atoms with E-state index in [4.69, 9.17) is 15.9 Å². The van der Waals surface area contributed by atoms with Crippen molar-refractivity contribution >= 4 is 30.5 Å². The quantitative estimate of drug-likeness (QED) is 0.728. The van der Waals surface area contributed by atoms with E-state index in [0.717, 1.165) is 0 Å². The number of nitrogens with zero attached hydrogens (tertiary/aromatic N) is 2. The molecule has 0 fully saturated rings. The van der Waals surface area contributed by atoms with Crippen LogP contribution in [0.1, 0.15) is 5.56 Å². The maximum atomic E-state index is 11.4. The average molecular weight is 253 g/mol. The fourth-order valence-corrected chi connectivity index (χ4v) is 2.59. The first-order valence-electron chi connectivity index (χ1n) is 4.25. The third-order valence-corrected chi connectivity index (χ3v) is 3.49. The Morgan fingerprint density at radius 1 is 1.31 bits per heavy atom. The van der Waals surface area contributed by atoms with E-state index in [9.17, 15) is 8.42 Å². The van der Waals surface area contributed by atoms with E-state index < -0.39 is 9.05 Å². The lowest BCUT2D eigenvalue weighted by molar-refractivity contribution is 0.610. The number of benzene rings is 1. The van der Waals surface area contributed by atoms with Crippen LogP contribution in [0, 0.1) is 11.3 Å². The molecule has 0 atom stereocenters. The second-order valence-corrected chi connectivity index (χ2v) is 5.63. The molecule has 0 N–H and O–H groups in total. The molecule has 0 spiro atoms. The van der Waals surface area contributed by atoms with Crippen molar-refractivity contribution in [2.75, 3.05) is 0 Å². The van der Waals surface area contributed by atoms with Gasteiger partial charge in [-0.25, -0.2) is 8.42 Å². The van der Waals surface area contributed by atoms with Gasteiger partial charge in [0.25, 0.3) is 9.05 Å². The fraction of sp³-hybridized carbons (Fsp3) is 0. The Balaban J connectivity index is 3.03. The van der Waals surface area contributed by atoms with Gasteiger partial charge in [0.2, 0.25) is 0 Å². The molecular weight excluding hydrogens is 248 g/mol. The van der Waals surface area contributed by atoms with Crippen LogP contribution < -0.4 is 0 Å². The molecule has 1 aromatic carbocycles. The summed E-state index contributed by atoms with van der Waals surface area (Å²) in [7, 11) is 1.44. The first-order chi connectivity index (χ1) is 7.54. The van der Waals surface area contributed by atoms with Crippen LogP contribution in [0.25, 0.3) is 10.8 Å². The summed E-state index contributed by atoms with van der Waals surface area (Å²) < 4.78 is 22.7. The monoisotopic (exact) mass is 252 g/mol. The Hall–Kier alpha value is -1.64. The van der Waals surface area contributed by atoms with E-state index in [1.807, 2.05) is 6.07 Å². The Labute approximate surface area is 96.5 Å². The summed E-state index contributed by atoms with van der Waals surface area (Å²) in [5.41, 5.74) is 0.192. The van der Waals surface area contributed by atoms with Gasteiger partial charge < -0.3 is 0 Å². The van der Waals surface area contributed by atoms with Crippen molar-refractivity contribution in [3.8, 4) is 6.07 Å². The topological polar surface area (TPSA) is 70.8 Å². The van der Waals surface area contributed by atoms with E-state index in [0.29, 0.717) is 10.8 Å². The second-order valence-electron chi connectivity index (χ2n) is 3.09. The lowest BCUT2D eigenvalue weighted by Crippen LogP contribution is -1.94. The molecular formula is C10H5ClN2O2S. The van der Waals surface area contributed by atoms with Gasteiger partial charge in [-0.3, -0.25) is 4.98 Å². The summed E-state index contributed by atoms with van der Waals surface area (Å²) in [5.74, 6) is 0. The molecule has 0 aliphatic rings. The molecule has 0 saturated carbocycles. The van der Waals surface area contributed by atoms with Crippen LogP contribution in [0.5, 0.6) is 0 Å². The van der Waals surface area contributed by atoms with Crippen LogP contribution in [0.2, 0.25) is 0 Å². The molecule has 0 unspecified atom stereocenters. The van der Waals surface area contributed by atoms with Gasteiger partial charge in [-0.1, -0.05) is 12.1 Å². The number of aromatic nitrogens is 1. The van der Waals surface area contributed by atoms with Crippen molar-refractivity contribution in [2.24, 2.45) is 0 Å². The molecule has 16 heavy (non-hydrogen) atoms. The molecule has 1 heterocycles. The Morgan fingerprint density at radius 3 is 2.69 bits per heavy atom. The normalized spacial score (nSPS) is 11.2. The van der Waals surface area contributed by atoms with Gasteiger partial charge in [-0.05, 0) is 6.07 Å². The molecule has 0 bridgehead atoms. The van der Waals surface area contributed by atoms with Gasteiger partial charge in [-0.2, -0.15) is 5.26 Å². The standard InChI is InChI=1S/C10H5ClN2O2S/c11-16(14,15)9-3-1-2-7-5-13-6-8(4-12)10(7)9/h1-3,5-6H. The fourth-order valence-electron chi connectivity index (χ4n) is 1.49.